The minimum absolute atomic E-state index is 0.220. The van der Waals surface area contributed by atoms with Crippen molar-refractivity contribution in [3.8, 4) is 0 Å². The third-order valence-electron chi connectivity index (χ3n) is 6.97. The molecule has 0 aromatic heterocycles. The average Bonchev–Trinajstić information content (AvgIpc) is 3.13. The second-order valence-electron chi connectivity index (χ2n) is 7.43. The third kappa shape index (κ3) is 2.01. The van der Waals surface area contributed by atoms with Crippen LogP contribution in [-0.2, 0) is 4.79 Å². The Hall–Kier alpha value is -0.570. The lowest BCUT2D eigenvalue weighted by Gasteiger charge is -2.36. The molecule has 3 fully saturated rings. The molecule has 0 heterocycles. The molecule has 3 nitrogen and oxygen atoms in total. The molecule has 0 aliphatic heterocycles. The molecule has 20 heavy (non-hydrogen) atoms. The number of carbonyl (C=O) groups excluding carboxylic acids is 1. The summed E-state index contributed by atoms with van der Waals surface area (Å²) in [6, 6.07) is 0.441. The van der Waals surface area contributed by atoms with Crippen LogP contribution in [0.5, 0.6) is 0 Å². The van der Waals surface area contributed by atoms with Crippen molar-refractivity contribution in [2.45, 2.75) is 64.8 Å². The molecule has 3 saturated carbocycles. The second kappa shape index (κ2) is 5.32. The first-order valence-electron chi connectivity index (χ1n) is 8.66. The van der Waals surface area contributed by atoms with Gasteiger partial charge in [0.1, 0.15) is 0 Å². The molecule has 0 aromatic rings. The zero-order valence-corrected chi connectivity index (χ0v) is 13.0. The van der Waals surface area contributed by atoms with E-state index >= 15 is 0 Å². The monoisotopic (exact) mass is 278 g/mol. The number of nitrogens with two attached hydrogens (primary N) is 1. The molecular formula is C17H30N2O. The highest BCUT2D eigenvalue weighted by Gasteiger charge is 2.54. The summed E-state index contributed by atoms with van der Waals surface area (Å²) >= 11 is 0. The number of amides is 1. The van der Waals surface area contributed by atoms with E-state index in [2.05, 4.69) is 19.2 Å². The predicted molar refractivity (Wildman–Crippen MR) is 81.0 cm³/mol. The van der Waals surface area contributed by atoms with E-state index in [1.165, 1.54) is 32.1 Å². The summed E-state index contributed by atoms with van der Waals surface area (Å²) in [4.78, 5) is 12.7. The molecule has 5 unspecified atom stereocenters. The normalized spacial score (nSPS) is 39.0. The van der Waals surface area contributed by atoms with E-state index in [0.29, 0.717) is 12.6 Å². The maximum atomic E-state index is 12.7. The van der Waals surface area contributed by atoms with Crippen molar-refractivity contribution >= 4 is 5.91 Å². The Morgan fingerprint density at radius 3 is 2.50 bits per heavy atom. The zero-order chi connectivity index (χ0) is 14.3. The predicted octanol–water partition coefficient (Wildman–Crippen LogP) is 2.69. The summed E-state index contributed by atoms with van der Waals surface area (Å²) in [7, 11) is 0. The Morgan fingerprint density at radius 1 is 1.15 bits per heavy atom. The smallest absolute Gasteiger partial charge is 0.227 e. The number of hydrogen-bond donors (Lipinski definition) is 2. The molecule has 2 bridgehead atoms. The van der Waals surface area contributed by atoms with Crippen LogP contribution in [0, 0.1) is 29.1 Å². The lowest BCUT2D eigenvalue weighted by atomic mass is 9.77. The quantitative estimate of drug-likeness (QED) is 0.812. The molecule has 5 atom stereocenters. The van der Waals surface area contributed by atoms with Gasteiger partial charge in [-0.3, -0.25) is 4.79 Å². The van der Waals surface area contributed by atoms with Crippen LogP contribution in [0.25, 0.3) is 0 Å². The van der Waals surface area contributed by atoms with Crippen molar-refractivity contribution in [2.24, 2.45) is 34.8 Å². The van der Waals surface area contributed by atoms with Gasteiger partial charge in [-0.05, 0) is 62.2 Å². The Bertz CT molecular complexity index is 369. The van der Waals surface area contributed by atoms with Gasteiger partial charge in [-0.15, -0.1) is 0 Å². The van der Waals surface area contributed by atoms with Crippen molar-refractivity contribution in [2.75, 3.05) is 6.54 Å². The lowest BCUT2D eigenvalue weighted by molar-refractivity contribution is -0.132. The number of rotatable bonds is 5. The zero-order valence-electron chi connectivity index (χ0n) is 13.0. The maximum absolute atomic E-state index is 12.7. The fraction of sp³-hybridized carbons (Fsp3) is 0.941. The first-order valence-corrected chi connectivity index (χ1v) is 8.66. The molecule has 3 rings (SSSR count). The van der Waals surface area contributed by atoms with Crippen molar-refractivity contribution in [1.29, 1.82) is 0 Å². The van der Waals surface area contributed by atoms with Gasteiger partial charge < -0.3 is 11.1 Å². The highest BCUT2D eigenvalue weighted by molar-refractivity contribution is 5.83. The summed E-state index contributed by atoms with van der Waals surface area (Å²) in [6.07, 6.45) is 8.56. The maximum Gasteiger partial charge on any atom is 0.227 e. The van der Waals surface area contributed by atoms with Crippen LogP contribution in [0.3, 0.4) is 0 Å². The van der Waals surface area contributed by atoms with Crippen molar-refractivity contribution < 1.29 is 4.79 Å². The molecule has 3 aliphatic carbocycles. The van der Waals surface area contributed by atoms with Crippen LogP contribution in [0.2, 0.25) is 0 Å². The van der Waals surface area contributed by atoms with E-state index < -0.39 is 0 Å². The average molecular weight is 278 g/mol. The van der Waals surface area contributed by atoms with Gasteiger partial charge in [0.25, 0.3) is 0 Å². The molecule has 0 radical (unpaired) electrons. The van der Waals surface area contributed by atoms with Crippen LogP contribution in [-0.4, -0.2) is 18.5 Å². The summed E-state index contributed by atoms with van der Waals surface area (Å²) in [5, 5.41) is 3.40. The number of hydrogen-bond acceptors (Lipinski definition) is 2. The summed E-state index contributed by atoms with van der Waals surface area (Å²) in [5.74, 6) is 3.78. The summed E-state index contributed by atoms with van der Waals surface area (Å²) in [5.41, 5.74) is 5.57. The number of fused-ring (bicyclic) bond motifs is 5. The van der Waals surface area contributed by atoms with Gasteiger partial charge in [-0.1, -0.05) is 20.3 Å². The molecule has 0 spiro atoms. The Kier molecular flexibility index (Phi) is 3.83. The van der Waals surface area contributed by atoms with Crippen molar-refractivity contribution in [1.82, 2.24) is 5.32 Å². The molecular weight excluding hydrogens is 248 g/mol. The fourth-order valence-corrected chi connectivity index (χ4v) is 5.51. The number of nitrogens with one attached hydrogen (secondary N) is 1. The van der Waals surface area contributed by atoms with Gasteiger partial charge in [0.05, 0.1) is 5.41 Å². The van der Waals surface area contributed by atoms with E-state index in [9.17, 15) is 4.79 Å². The summed E-state index contributed by atoms with van der Waals surface area (Å²) < 4.78 is 0. The van der Waals surface area contributed by atoms with Crippen molar-refractivity contribution in [3.05, 3.63) is 0 Å². The fourth-order valence-electron chi connectivity index (χ4n) is 5.51. The second-order valence-corrected chi connectivity index (χ2v) is 7.43. The highest BCUT2D eigenvalue weighted by Crippen LogP contribution is 2.58. The van der Waals surface area contributed by atoms with Gasteiger partial charge in [0, 0.05) is 12.6 Å². The van der Waals surface area contributed by atoms with Gasteiger partial charge in [0.15, 0.2) is 0 Å². The molecule has 114 valence electrons. The topological polar surface area (TPSA) is 55.1 Å². The minimum Gasteiger partial charge on any atom is -0.353 e. The van der Waals surface area contributed by atoms with E-state index in [1.54, 1.807) is 0 Å². The minimum atomic E-state index is -0.336. The Balaban J connectivity index is 1.66. The highest BCUT2D eigenvalue weighted by atomic mass is 16.2. The molecule has 1 amide bonds. The Morgan fingerprint density at radius 2 is 1.85 bits per heavy atom. The first kappa shape index (κ1) is 14.4. The van der Waals surface area contributed by atoms with Crippen LogP contribution in [0.15, 0.2) is 0 Å². The number of carbonyl (C=O) groups is 1. The Labute approximate surface area is 123 Å². The van der Waals surface area contributed by atoms with Gasteiger partial charge in [0.2, 0.25) is 5.91 Å². The molecule has 3 heteroatoms. The van der Waals surface area contributed by atoms with E-state index in [4.69, 9.17) is 5.73 Å². The standard InChI is InChI=1S/C17H30N2O/c1-3-17(4-2,10-18)16(20)19-15-9-11-8-14(15)13-7-5-6-12(11)13/h11-15H,3-10,18H2,1-2H3,(H,19,20). The van der Waals surface area contributed by atoms with Gasteiger partial charge in [-0.2, -0.15) is 0 Å². The van der Waals surface area contributed by atoms with E-state index in [1.807, 2.05) is 0 Å². The molecule has 0 saturated heterocycles. The molecule has 3 N–H and O–H groups in total. The van der Waals surface area contributed by atoms with Crippen LogP contribution >= 0.6 is 0 Å². The first-order chi connectivity index (χ1) is 9.65. The van der Waals surface area contributed by atoms with Crippen LogP contribution in [0.4, 0.5) is 0 Å². The van der Waals surface area contributed by atoms with Crippen LogP contribution in [0.1, 0.15) is 58.8 Å². The van der Waals surface area contributed by atoms with E-state index in [-0.39, 0.29) is 11.3 Å². The lowest BCUT2D eigenvalue weighted by Crippen LogP contribution is -2.51. The SMILES string of the molecule is CCC(CC)(CN)C(=O)NC1CC2CC1C1CCCC21. The largest absolute Gasteiger partial charge is 0.353 e. The van der Waals surface area contributed by atoms with Crippen molar-refractivity contribution in [3.63, 3.8) is 0 Å². The summed E-state index contributed by atoms with van der Waals surface area (Å²) in [6.45, 7) is 4.65. The third-order valence-corrected chi connectivity index (χ3v) is 6.97. The molecule has 3 aliphatic rings. The van der Waals surface area contributed by atoms with Crippen LogP contribution < -0.4 is 11.1 Å². The van der Waals surface area contributed by atoms with E-state index in [0.717, 1.165) is 36.5 Å². The van der Waals surface area contributed by atoms with Gasteiger partial charge >= 0.3 is 0 Å². The molecule has 0 aromatic carbocycles. The van der Waals surface area contributed by atoms with Gasteiger partial charge in [-0.25, -0.2) is 0 Å².